The minimum Gasteiger partial charge on any atom is -0.463 e. The minimum atomic E-state index is 0.720. The van der Waals surface area contributed by atoms with Gasteiger partial charge in [0.25, 0.3) is 0 Å². The lowest BCUT2D eigenvalue weighted by atomic mass is 10.2. The summed E-state index contributed by atoms with van der Waals surface area (Å²) in [5.41, 5.74) is 1.28. The molecule has 1 heterocycles. The number of nitrogens with one attached hydrogen (secondary N) is 1. The molecule has 0 atom stereocenters. The number of nitrogens with zero attached hydrogens (tertiary/aromatic N) is 1. The molecule has 1 aliphatic rings. The second kappa shape index (κ2) is 7.28. The Hall–Kier alpha value is -0.800. The van der Waals surface area contributed by atoms with Gasteiger partial charge in [-0.3, -0.25) is 4.90 Å². The summed E-state index contributed by atoms with van der Waals surface area (Å²) in [6.45, 7) is 13.0. The minimum absolute atomic E-state index is 0.720. The Labute approximate surface area is 123 Å². The van der Waals surface area contributed by atoms with Gasteiger partial charge in [0.15, 0.2) is 0 Å². The van der Waals surface area contributed by atoms with Gasteiger partial charge in [-0.25, -0.2) is 0 Å². The number of rotatable bonds is 9. The molecule has 2 rings (SSSR count). The van der Waals surface area contributed by atoms with Crippen LogP contribution in [0.25, 0.3) is 0 Å². The van der Waals surface area contributed by atoms with E-state index in [2.05, 4.69) is 44.0 Å². The highest BCUT2D eigenvalue weighted by Gasteiger charge is 2.30. The zero-order valence-corrected chi connectivity index (χ0v) is 13.5. The molecule has 0 aromatic carbocycles. The molecule has 1 fully saturated rings. The van der Waals surface area contributed by atoms with Crippen LogP contribution >= 0.6 is 0 Å². The Bertz CT molecular complexity index is 407. The van der Waals surface area contributed by atoms with Gasteiger partial charge < -0.3 is 9.73 Å². The van der Waals surface area contributed by atoms with Gasteiger partial charge in [0.1, 0.15) is 11.5 Å². The summed E-state index contributed by atoms with van der Waals surface area (Å²) >= 11 is 0. The predicted octanol–water partition coefficient (Wildman–Crippen LogP) is 3.71. The molecule has 1 aromatic heterocycles. The molecule has 0 unspecified atom stereocenters. The van der Waals surface area contributed by atoms with Gasteiger partial charge in [-0.05, 0) is 50.3 Å². The van der Waals surface area contributed by atoms with Crippen molar-refractivity contribution in [2.75, 3.05) is 13.1 Å². The fourth-order valence-corrected chi connectivity index (χ4v) is 2.67. The molecular formula is C17H30N2O. The molecule has 0 amide bonds. The molecule has 0 aliphatic heterocycles. The molecule has 1 saturated carbocycles. The summed E-state index contributed by atoms with van der Waals surface area (Å²) in [4.78, 5) is 2.59. The topological polar surface area (TPSA) is 28.4 Å². The summed E-state index contributed by atoms with van der Waals surface area (Å²) in [7, 11) is 0. The number of furan rings is 1. The van der Waals surface area contributed by atoms with Crippen LogP contribution in [0, 0.1) is 12.8 Å². The lowest BCUT2D eigenvalue weighted by molar-refractivity contribution is 0.207. The molecule has 1 aromatic rings. The fourth-order valence-electron chi connectivity index (χ4n) is 2.67. The van der Waals surface area contributed by atoms with Crippen LogP contribution in [0.5, 0.6) is 0 Å². The van der Waals surface area contributed by atoms with Gasteiger partial charge in [0.2, 0.25) is 0 Å². The predicted molar refractivity (Wildman–Crippen MR) is 83.7 cm³/mol. The van der Waals surface area contributed by atoms with E-state index in [1.54, 1.807) is 0 Å². The third-order valence-corrected chi connectivity index (χ3v) is 3.81. The summed E-state index contributed by atoms with van der Waals surface area (Å²) in [6.07, 6.45) is 3.88. The van der Waals surface area contributed by atoms with Gasteiger partial charge in [-0.2, -0.15) is 0 Å². The van der Waals surface area contributed by atoms with Crippen LogP contribution < -0.4 is 5.32 Å². The fraction of sp³-hybridized carbons (Fsp3) is 0.765. The van der Waals surface area contributed by atoms with Crippen LogP contribution in [0.2, 0.25) is 0 Å². The highest BCUT2D eigenvalue weighted by atomic mass is 16.3. The first-order valence-corrected chi connectivity index (χ1v) is 8.13. The number of hydrogen-bond donors (Lipinski definition) is 1. The normalized spacial score (nSPS) is 15.5. The number of aryl methyl sites for hydroxylation is 1. The zero-order chi connectivity index (χ0) is 14.5. The summed E-state index contributed by atoms with van der Waals surface area (Å²) in [6, 6.07) is 3.02. The van der Waals surface area contributed by atoms with E-state index in [0.29, 0.717) is 0 Å². The Morgan fingerprint density at radius 2 is 2.15 bits per heavy atom. The molecular weight excluding hydrogens is 248 g/mol. The van der Waals surface area contributed by atoms with Gasteiger partial charge in [-0.15, -0.1) is 0 Å². The van der Waals surface area contributed by atoms with E-state index in [1.807, 2.05) is 0 Å². The molecule has 3 nitrogen and oxygen atoms in total. The van der Waals surface area contributed by atoms with Crippen LogP contribution in [-0.4, -0.2) is 24.0 Å². The third-order valence-electron chi connectivity index (χ3n) is 3.81. The van der Waals surface area contributed by atoms with E-state index < -0.39 is 0 Å². The van der Waals surface area contributed by atoms with Crippen molar-refractivity contribution in [2.45, 2.75) is 66.1 Å². The van der Waals surface area contributed by atoms with Crippen molar-refractivity contribution in [3.63, 3.8) is 0 Å². The van der Waals surface area contributed by atoms with E-state index in [0.717, 1.165) is 49.5 Å². The maximum Gasteiger partial charge on any atom is 0.120 e. The van der Waals surface area contributed by atoms with E-state index in [-0.39, 0.29) is 0 Å². The van der Waals surface area contributed by atoms with Gasteiger partial charge >= 0.3 is 0 Å². The molecule has 3 heteroatoms. The maximum absolute atomic E-state index is 6.05. The molecule has 1 aliphatic carbocycles. The molecule has 1 N–H and O–H groups in total. The summed E-state index contributed by atoms with van der Waals surface area (Å²) in [5.74, 6) is 2.95. The molecule has 20 heavy (non-hydrogen) atoms. The van der Waals surface area contributed by atoms with Gasteiger partial charge in [-0.1, -0.05) is 20.8 Å². The molecule has 0 radical (unpaired) electrons. The first-order valence-electron chi connectivity index (χ1n) is 8.13. The second-order valence-corrected chi connectivity index (χ2v) is 6.55. The summed E-state index contributed by atoms with van der Waals surface area (Å²) < 4.78 is 6.05. The van der Waals surface area contributed by atoms with Crippen molar-refractivity contribution in [3.8, 4) is 0 Å². The van der Waals surface area contributed by atoms with Crippen molar-refractivity contribution in [3.05, 3.63) is 23.2 Å². The summed E-state index contributed by atoms with van der Waals surface area (Å²) in [5, 5.41) is 3.42. The Morgan fingerprint density at radius 1 is 1.40 bits per heavy atom. The van der Waals surface area contributed by atoms with Gasteiger partial charge in [0.05, 0.1) is 13.1 Å². The SMILES string of the molecule is CCCNCc1oc(CN(CC(C)C)C2CC2)cc1C. The Kier molecular flexibility index (Phi) is 5.67. The van der Waals surface area contributed by atoms with Crippen molar-refractivity contribution in [1.29, 1.82) is 0 Å². The van der Waals surface area contributed by atoms with Crippen LogP contribution in [-0.2, 0) is 13.1 Å². The smallest absolute Gasteiger partial charge is 0.120 e. The second-order valence-electron chi connectivity index (χ2n) is 6.55. The van der Waals surface area contributed by atoms with Crippen molar-refractivity contribution < 1.29 is 4.42 Å². The molecule has 0 saturated heterocycles. The highest BCUT2D eigenvalue weighted by molar-refractivity contribution is 5.20. The van der Waals surface area contributed by atoms with Crippen molar-refractivity contribution in [2.24, 2.45) is 5.92 Å². The van der Waals surface area contributed by atoms with E-state index in [4.69, 9.17) is 4.42 Å². The van der Waals surface area contributed by atoms with Crippen LogP contribution in [0.1, 0.15) is 57.1 Å². The third kappa shape index (κ3) is 4.64. The average Bonchev–Trinajstić information content (AvgIpc) is 3.15. The molecule has 0 bridgehead atoms. The van der Waals surface area contributed by atoms with Crippen LogP contribution in [0.4, 0.5) is 0 Å². The van der Waals surface area contributed by atoms with E-state index in [9.17, 15) is 0 Å². The van der Waals surface area contributed by atoms with Crippen molar-refractivity contribution in [1.82, 2.24) is 10.2 Å². The largest absolute Gasteiger partial charge is 0.463 e. The molecule has 0 spiro atoms. The monoisotopic (exact) mass is 278 g/mol. The Morgan fingerprint density at radius 3 is 2.75 bits per heavy atom. The first-order chi connectivity index (χ1) is 9.60. The molecule has 114 valence electrons. The zero-order valence-electron chi connectivity index (χ0n) is 13.5. The lowest BCUT2D eigenvalue weighted by Gasteiger charge is -2.22. The number of hydrogen-bond acceptors (Lipinski definition) is 3. The van der Waals surface area contributed by atoms with E-state index in [1.165, 1.54) is 24.9 Å². The highest BCUT2D eigenvalue weighted by Crippen LogP contribution is 2.29. The Balaban J connectivity index is 1.92. The van der Waals surface area contributed by atoms with Crippen LogP contribution in [0.3, 0.4) is 0 Å². The quantitative estimate of drug-likeness (QED) is 0.698. The lowest BCUT2D eigenvalue weighted by Crippen LogP contribution is -2.29. The van der Waals surface area contributed by atoms with Crippen molar-refractivity contribution >= 4 is 0 Å². The average molecular weight is 278 g/mol. The standard InChI is InChI=1S/C17H30N2O/c1-5-8-18-10-17-14(4)9-16(20-17)12-19(11-13(2)3)15-6-7-15/h9,13,15,18H,5-8,10-12H2,1-4H3. The van der Waals surface area contributed by atoms with E-state index >= 15 is 0 Å². The van der Waals surface area contributed by atoms with Crippen LogP contribution in [0.15, 0.2) is 10.5 Å². The van der Waals surface area contributed by atoms with Gasteiger partial charge in [0, 0.05) is 12.6 Å². The maximum atomic E-state index is 6.05. The first kappa shape index (κ1) is 15.6.